The van der Waals surface area contributed by atoms with Crippen molar-refractivity contribution in [1.82, 2.24) is 15.0 Å². The molecule has 0 aliphatic heterocycles. The number of benzene rings is 8. The third-order valence-electron chi connectivity index (χ3n) is 8.92. The van der Waals surface area contributed by atoms with Crippen molar-refractivity contribution in [3.63, 3.8) is 0 Å². The standard InChI is InChI=1S/C43H27N3/c1-3-14-28(15-4-1)41-44-42(29-16-5-2-6-17-29)46-43(45-41)39-27-26-35(31-19-8-10-22-34(31)39)38-25-13-24-37-33-20-9-7-18-30(33)32-21-11-12-23-36(32)40(37)38/h1-27H. The lowest BCUT2D eigenvalue weighted by Crippen LogP contribution is -2.00. The molecule has 0 bridgehead atoms. The average Bonchev–Trinajstić information content (AvgIpc) is 3.15. The van der Waals surface area contributed by atoms with Crippen molar-refractivity contribution >= 4 is 43.1 Å². The highest BCUT2D eigenvalue weighted by atomic mass is 15.0. The van der Waals surface area contributed by atoms with Crippen LogP contribution in [-0.4, -0.2) is 15.0 Å². The maximum atomic E-state index is 5.05. The van der Waals surface area contributed by atoms with Crippen molar-refractivity contribution in [2.45, 2.75) is 0 Å². The van der Waals surface area contributed by atoms with E-state index < -0.39 is 0 Å². The highest BCUT2D eigenvalue weighted by Crippen LogP contribution is 2.43. The van der Waals surface area contributed by atoms with Gasteiger partial charge < -0.3 is 0 Å². The first-order chi connectivity index (χ1) is 22.8. The van der Waals surface area contributed by atoms with E-state index in [1.54, 1.807) is 0 Å². The second-order valence-electron chi connectivity index (χ2n) is 11.6. The van der Waals surface area contributed by atoms with Crippen LogP contribution in [0.5, 0.6) is 0 Å². The summed E-state index contributed by atoms with van der Waals surface area (Å²) in [7, 11) is 0. The molecule has 0 fully saturated rings. The van der Waals surface area contributed by atoms with E-state index in [9.17, 15) is 0 Å². The number of rotatable bonds is 4. The molecule has 0 spiro atoms. The van der Waals surface area contributed by atoms with Gasteiger partial charge in [0.25, 0.3) is 0 Å². The van der Waals surface area contributed by atoms with Gasteiger partial charge >= 0.3 is 0 Å². The van der Waals surface area contributed by atoms with E-state index in [2.05, 4.69) is 103 Å². The molecule has 0 amide bonds. The lowest BCUT2D eigenvalue weighted by Gasteiger charge is -2.17. The number of fused-ring (bicyclic) bond motifs is 7. The number of nitrogens with zero attached hydrogens (tertiary/aromatic N) is 3. The number of aromatic nitrogens is 3. The molecule has 1 aromatic heterocycles. The minimum absolute atomic E-state index is 0.657. The smallest absolute Gasteiger partial charge is 0.164 e. The summed E-state index contributed by atoms with van der Waals surface area (Å²) < 4.78 is 0. The molecular weight excluding hydrogens is 558 g/mol. The Morgan fingerprint density at radius 1 is 0.239 bits per heavy atom. The van der Waals surface area contributed by atoms with Gasteiger partial charge in [-0.3, -0.25) is 0 Å². The fourth-order valence-corrected chi connectivity index (χ4v) is 6.84. The Hall–Kier alpha value is -6.19. The Balaban J connectivity index is 1.31. The molecule has 9 rings (SSSR count). The third-order valence-corrected chi connectivity index (χ3v) is 8.92. The summed E-state index contributed by atoms with van der Waals surface area (Å²) in [6, 6.07) is 57.5. The summed E-state index contributed by atoms with van der Waals surface area (Å²) in [5.41, 5.74) is 5.30. The normalized spacial score (nSPS) is 11.5. The Labute approximate surface area is 266 Å². The summed E-state index contributed by atoms with van der Waals surface area (Å²) in [5.74, 6) is 1.97. The van der Waals surface area contributed by atoms with Gasteiger partial charge in [-0.15, -0.1) is 0 Å². The van der Waals surface area contributed by atoms with Crippen molar-refractivity contribution in [1.29, 1.82) is 0 Å². The van der Waals surface area contributed by atoms with Gasteiger partial charge in [-0.05, 0) is 60.3 Å². The lowest BCUT2D eigenvalue weighted by atomic mass is 9.87. The molecule has 0 N–H and O–H groups in total. The molecule has 46 heavy (non-hydrogen) atoms. The fraction of sp³-hybridized carbons (Fsp3) is 0. The summed E-state index contributed by atoms with van der Waals surface area (Å²) in [5, 5.41) is 9.87. The van der Waals surface area contributed by atoms with Crippen LogP contribution in [0.25, 0.3) is 88.4 Å². The monoisotopic (exact) mass is 585 g/mol. The van der Waals surface area contributed by atoms with Crippen LogP contribution in [0.2, 0.25) is 0 Å². The lowest BCUT2D eigenvalue weighted by molar-refractivity contribution is 1.08. The zero-order valence-electron chi connectivity index (χ0n) is 24.9. The molecule has 1 heterocycles. The van der Waals surface area contributed by atoms with Crippen LogP contribution in [0.15, 0.2) is 164 Å². The predicted octanol–water partition coefficient (Wildman–Crippen LogP) is 11.2. The van der Waals surface area contributed by atoms with Crippen LogP contribution in [0.3, 0.4) is 0 Å². The topological polar surface area (TPSA) is 38.7 Å². The molecule has 0 aliphatic rings. The van der Waals surface area contributed by atoms with E-state index in [1.807, 2.05) is 60.7 Å². The van der Waals surface area contributed by atoms with Crippen LogP contribution in [0.1, 0.15) is 0 Å². The van der Waals surface area contributed by atoms with E-state index in [1.165, 1.54) is 43.4 Å². The van der Waals surface area contributed by atoms with Crippen molar-refractivity contribution < 1.29 is 0 Å². The summed E-state index contributed by atoms with van der Waals surface area (Å²) in [6.45, 7) is 0. The van der Waals surface area contributed by atoms with Gasteiger partial charge in [-0.25, -0.2) is 15.0 Å². The Kier molecular flexibility index (Phi) is 6.14. The van der Waals surface area contributed by atoms with Crippen LogP contribution in [0.4, 0.5) is 0 Å². The summed E-state index contributed by atoms with van der Waals surface area (Å²) in [6.07, 6.45) is 0. The van der Waals surface area contributed by atoms with Crippen LogP contribution in [-0.2, 0) is 0 Å². The zero-order valence-corrected chi connectivity index (χ0v) is 24.9. The van der Waals surface area contributed by atoms with Gasteiger partial charge in [-0.2, -0.15) is 0 Å². The Morgan fingerprint density at radius 2 is 0.630 bits per heavy atom. The molecule has 0 aliphatic carbocycles. The van der Waals surface area contributed by atoms with Crippen molar-refractivity contribution in [2.24, 2.45) is 0 Å². The molecule has 0 unspecified atom stereocenters. The zero-order chi connectivity index (χ0) is 30.5. The van der Waals surface area contributed by atoms with Crippen molar-refractivity contribution in [3.05, 3.63) is 164 Å². The molecule has 214 valence electrons. The predicted molar refractivity (Wildman–Crippen MR) is 192 cm³/mol. The van der Waals surface area contributed by atoms with Crippen molar-refractivity contribution in [2.75, 3.05) is 0 Å². The van der Waals surface area contributed by atoms with Gasteiger partial charge in [0.2, 0.25) is 0 Å². The fourth-order valence-electron chi connectivity index (χ4n) is 6.84. The second kappa shape index (κ2) is 10.8. The molecular formula is C43H27N3. The Morgan fingerprint density at radius 3 is 1.20 bits per heavy atom. The Bertz CT molecular complexity index is 2470. The first-order valence-electron chi connectivity index (χ1n) is 15.5. The SMILES string of the molecule is c1ccc(-c2nc(-c3ccccc3)nc(-c3ccc(-c4cccc5c6ccccc6c6ccccc6c45)c4ccccc34)n2)cc1. The van der Waals surface area contributed by atoms with E-state index in [4.69, 9.17) is 15.0 Å². The summed E-state index contributed by atoms with van der Waals surface area (Å²) in [4.78, 5) is 15.0. The van der Waals surface area contributed by atoms with Gasteiger partial charge in [-0.1, -0.05) is 158 Å². The minimum atomic E-state index is 0.657. The van der Waals surface area contributed by atoms with Crippen LogP contribution >= 0.6 is 0 Å². The van der Waals surface area contributed by atoms with E-state index in [0.717, 1.165) is 27.5 Å². The first-order valence-corrected chi connectivity index (χ1v) is 15.5. The van der Waals surface area contributed by atoms with E-state index in [-0.39, 0.29) is 0 Å². The van der Waals surface area contributed by atoms with Gasteiger partial charge in [0, 0.05) is 16.7 Å². The highest BCUT2D eigenvalue weighted by Gasteiger charge is 2.18. The molecule has 0 atom stereocenters. The van der Waals surface area contributed by atoms with E-state index >= 15 is 0 Å². The number of hydrogen-bond acceptors (Lipinski definition) is 3. The third kappa shape index (κ3) is 4.25. The maximum absolute atomic E-state index is 5.05. The largest absolute Gasteiger partial charge is 0.208 e. The second-order valence-corrected chi connectivity index (χ2v) is 11.6. The molecule has 3 heteroatoms. The van der Waals surface area contributed by atoms with Crippen molar-refractivity contribution in [3.8, 4) is 45.3 Å². The van der Waals surface area contributed by atoms with E-state index in [0.29, 0.717) is 17.5 Å². The average molecular weight is 586 g/mol. The molecule has 8 aromatic carbocycles. The van der Waals surface area contributed by atoms with Gasteiger partial charge in [0.1, 0.15) is 0 Å². The molecule has 0 saturated carbocycles. The quantitative estimate of drug-likeness (QED) is 0.193. The molecule has 3 nitrogen and oxygen atoms in total. The molecule has 0 radical (unpaired) electrons. The summed E-state index contributed by atoms with van der Waals surface area (Å²) >= 11 is 0. The minimum Gasteiger partial charge on any atom is -0.208 e. The highest BCUT2D eigenvalue weighted by molar-refractivity contribution is 6.29. The van der Waals surface area contributed by atoms with Crippen LogP contribution in [0, 0.1) is 0 Å². The van der Waals surface area contributed by atoms with Gasteiger partial charge in [0.15, 0.2) is 17.5 Å². The first kappa shape index (κ1) is 26.2. The van der Waals surface area contributed by atoms with Crippen LogP contribution < -0.4 is 0 Å². The molecule has 0 saturated heterocycles. The molecule has 9 aromatic rings. The number of hydrogen-bond donors (Lipinski definition) is 0. The van der Waals surface area contributed by atoms with Gasteiger partial charge in [0.05, 0.1) is 0 Å². The maximum Gasteiger partial charge on any atom is 0.164 e.